The van der Waals surface area contributed by atoms with Crippen molar-refractivity contribution >= 4 is 5.91 Å². The summed E-state index contributed by atoms with van der Waals surface area (Å²) in [7, 11) is 2.10. The van der Waals surface area contributed by atoms with E-state index in [1.165, 1.54) is 5.56 Å². The molecule has 24 heavy (non-hydrogen) atoms. The number of rotatable bonds is 5. The summed E-state index contributed by atoms with van der Waals surface area (Å²) in [5, 5.41) is 0. The Kier molecular flexibility index (Phi) is 5.62. The van der Waals surface area contributed by atoms with Crippen molar-refractivity contribution in [2.45, 2.75) is 13.1 Å². The molecular formula is C20H24N2O2. The molecule has 1 amide bonds. The summed E-state index contributed by atoms with van der Waals surface area (Å²) in [5.74, 6) is 0.103. The van der Waals surface area contributed by atoms with Crippen LogP contribution in [0.25, 0.3) is 0 Å². The Hall–Kier alpha value is -2.17. The maximum atomic E-state index is 12.6. The van der Waals surface area contributed by atoms with E-state index in [-0.39, 0.29) is 5.91 Å². The molecule has 4 heteroatoms. The van der Waals surface area contributed by atoms with E-state index in [0.29, 0.717) is 26.3 Å². The molecular weight excluding hydrogens is 300 g/mol. The van der Waals surface area contributed by atoms with E-state index in [4.69, 9.17) is 4.74 Å². The Morgan fingerprint density at radius 1 is 1.00 bits per heavy atom. The third-order valence-electron chi connectivity index (χ3n) is 4.22. The second-order valence-electron chi connectivity index (χ2n) is 6.26. The fraction of sp³-hybridized carbons (Fsp3) is 0.350. The largest absolute Gasteiger partial charge is 0.378 e. The Bertz CT molecular complexity index is 666. The zero-order valence-corrected chi connectivity index (χ0v) is 14.1. The Morgan fingerprint density at radius 3 is 2.42 bits per heavy atom. The van der Waals surface area contributed by atoms with Crippen molar-refractivity contribution in [3.8, 4) is 0 Å². The van der Waals surface area contributed by atoms with Crippen LogP contribution in [-0.2, 0) is 17.8 Å². The molecule has 0 atom stereocenters. The number of carbonyl (C=O) groups excluding carboxylic acids is 1. The van der Waals surface area contributed by atoms with Gasteiger partial charge in [-0.25, -0.2) is 0 Å². The summed E-state index contributed by atoms with van der Waals surface area (Å²) >= 11 is 0. The third kappa shape index (κ3) is 4.43. The minimum Gasteiger partial charge on any atom is -0.378 e. The average Bonchev–Trinajstić information content (AvgIpc) is 2.63. The summed E-state index contributed by atoms with van der Waals surface area (Å²) in [6.07, 6.45) is 0. The molecule has 0 bridgehead atoms. The summed E-state index contributed by atoms with van der Waals surface area (Å²) in [6, 6.07) is 18.4. The number of benzene rings is 2. The quantitative estimate of drug-likeness (QED) is 0.848. The summed E-state index contributed by atoms with van der Waals surface area (Å²) in [6.45, 7) is 4.33. The number of hydrogen-bond acceptors (Lipinski definition) is 3. The first-order chi connectivity index (χ1) is 11.7. The lowest BCUT2D eigenvalue weighted by Gasteiger charge is -2.27. The van der Waals surface area contributed by atoms with Crippen LogP contribution in [0.5, 0.6) is 0 Å². The third-order valence-corrected chi connectivity index (χ3v) is 4.22. The summed E-state index contributed by atoms with van der Waals surface area (Å²) < 4.78 is 5.32. The van der Waals surface area contributed by atoms with Gasteiger partial charge in [-0.05, 0) is 30.3 Å². The highest BCUT2D eigenvalue weighted by Gasteiger charge is 2.18. The molecule has 126 valence electrons. The van der Waals surface area contributed by atoms with Crippen LogP contribution in [0.15, 0.2) is 54.6 Å². The minimum atomic E-state index is 0.103. The number of carbonyl (C=O) groups is 1. The van der Waals surface area contributed by atoms with Gasteiger partial charge in [0.2, 0.25) is 0 Å². The highest BCUT2D eigenvalue weighted by Crippen LogP contribution is 2.13. The van der Waals surface area contributed by atoms with Crippen molar-refractivity contribution < 1.29 is 9.53 Å². The molecule has 0 aromatic heterocycles. The van der Waals surface area contributed by atoms with Gasteiger partial charge >= 0.3 is 0 Å². The van der Waals surface area contributed by atoms with Crippen LogP contribution in [0.1, 0.15) is 21.5 Å². The van der Waals surface area contributed by atoms with E-state index < -0.39 is 0 Å². The molecule has 3 rings (SSSR count). The Balaban J connectivity index is 1.63. The smallest absolute Gasteiger partial charge is 0.254 e. The summed E-state index contributed by atoms with van der Waals surface area (Å²) in [5.41, 5.74) is 3.22. The Labute approximate surface area is 143 Å². The predicted molar refractivity (Wildman–Crippen MR) is 94.8 cm³/mol. The van der Waals surface area contributed by atoms with Gasteiger partial charge < -0.3 is 9.64 Å². The van der Waals surface area contributed by atoms with Crippen molar-refractivity contribution in [3.63, 3.8) is 0 Å². The van der Waals surface area contributed by atoms with Gasteiger partial charge in [-0.1, -0.05) is 42.5 Å². The molecule has 4 nitrogen and oxygen atoms in total. The molecule has 0 radical (unpaired) electrons. The standard InChI is InChI=1S/C20H24N2O2/c1-21(15-17-6-3-2-4-7-17)16-18-8-5-9-19(14-18)20(23)22-10-12-24-13-11-22/h2-9,14H,10-13,15-16H2,1H3. The molecule has 2 aromatic carbocycles. The van der Waals surface area contributed by atoms with Gasteiger partial charge in [0, 0.05) is 31.7 Å². The fourth-order valence-electron chi connectivity index (χ4n) is 3.01. The zero-order valence-electron chi connectivity index (χ0n) is 14.1. The summed E-state index contributed by atoms with van der Waals surface area (Å²) in [4.78, 5) is 16.7. The van der Waals surface area contributed by atoms with Crippen LogP contribution in [0.4, 0.5) is 0 Å². The van der Waals surface area contributed by atoms with Gasteiger partial charge in [-0.15, -0.1) is 0 Å². The molecule has 0 unspecified atom stereocenters. The van der Waals surface area contributed by atoms with Gasteiger partial charge in [0.1, 0.15) is 0 Å². The van der Waals surface area contributed by atoms with E-state index in [0.717, 1.165) is 24.2 Å². The Morgan fingerprint density at radius 2 is 1.67 bits per heavy atom. The normalized spacial score (nSPS) is 14.8. The van der Waals surface area contributed by atoms with E-state index >= 15 is 0 Å². The fourth-order valence-corrected chi connectivity index (χ4v) is 3.01. The maximum Gasteiger partial charge on any atom is 0.254 e. The highest BCUT2D eigenvalue weighted by atomic mass is 16.5. The zero-order chi connectivity index (χ0) is 16.8. The van der Waals surface area contributed by atoms with Crippen LogP contribution >= 0.6 is 0 Å². The van der Waals surface area contributed by atoms with E-state index in [1.54, 1.807) is 0 Å². The van der Waals surface area contributed by atoms with Gasteiger partial charge in [0.25, 0.3) is 5.91 Å². The van der Waals surface area contributed by atoms with Gasteiger partial charge in [0.15, 0.2) is 0 Å². The lowest BCUT2D eigenvalue weighted by Crippen LogP contribution is -2.40. The maximum absolute atomic E-state index is 12.6. The van der Waals surface area contributed by atoms with E-state index in [1.807, 2.05) is 29.2 Å². The van der Waals surface area contributed by atoms with Crippen LogP contribution in [0.2, 0.25) is 0 Å². The second-order valence-corrected chi connectivity index (χ2v) is 6.26. The molecule has 1 heterocycles. The number of ether oxygens (including phenoxy) is 1. The van der Waals surface area contributed by atoms with Crippen molar-refractivity contribution in [1.29, 1.82) is 0 Å². The van der Waals surface area contributed by atoms with Crippen LogP contribution in [0, 0.1) is 0 Å². The molecule has 0 aliphatic carbocycles. The lowest BCUT2D eigenvalue weighted by atomic mass is 10.1. The first-order valence-corrected chi connectivity index (χ1v) is 8.41. The molecule has 0 spiro atoms. The molecule has 1 saturated heterocycles. The van der Waals surface area contributed by atoms with Crippen molar-refractivity contribution in [2.24, 2.45) is 0 Å². The lowest BCUT2D eigenvalue weighted by molar-refractivity contribution is 0.0303. The van der Waals surface area contributed by atoms with E-state index in [2.05, 4.69) is 42.3 Å². The van der Waals surface area contributed by atoms with Crippen molar-refractivity contribution in [3.05, 3.63) is 71.3 Å². The van der Waals surface area contributed by atoms with Crippen LogP contribution in [0.3, 0.4) is 0 Å². The van der Waals surface area contributed by atoms with Crippen molar-refractivity contribution in [2.75, 3.05) is 33.4 Å². The number of nitrogens with zero attached hydrogens (tertiary/aromatic N) is 2. The molecule has 1 aliphatic heterocycles. The first kappa shape index (κ1) is 16.7. The molecule has 1 fully saturated rings. The van der Waals surface area contributed by atoms with Gasteiger partial charge in [-0.3, -0.25) is 9.69 Å². The monoisotopic (exact) mass is 324 g/mol. The SMILES string of the molecule is CN(Cc1ccccc1)Cc1cccc(C(=O)N2CCOCC2)c1. The van der Waals surface area contributed by atoms with Gasteiger partial charge in [0.05, 0.1) is 13.2 Å². The van der Waals surface area contributed by atoms with Gasteiger partial charge in [-0.2, -0.15) is 0 Å². The van der Waals surface area contributed by atoms with Crippen LogP contribution in [-0.4, -0.2) is 49.1 Å². The molecule has 0 saturated carbocycles. The molecule has 0 N–H and O–H groups in total. The second kappa shape index (κ2) is 8.08. The molecule has 2 aromatic rings. The minimum absolute atomic E-state index is 0.103. The van der Waals surface area contributed by atoms with E-state index in [9.17, 15) is 4.79 Å². The number of amides is 1. The first-order valence-electron chi connectivity index (χ1n) is 8.41. The number of morpholine rings is 1. The number of hydrogen-bond donors (Lipinski definition) is 0. The van der Waals surface area contributed by atoms with Crippen LogP contribution < -0.4 is 0 Å². The average molecular weight is 324 g/mol. The predicted octanol–water partition coefficient (Wildman–Crippen LogP) is 2.79. The topological polar surface area (TPSA) is 32.8 Å². The highest BCUT2D eigenvalue weighted by molar-refractivity contribution is 5.94. The molecule has 1 aliphatic rings. The van der Waals surface area contributed by atoms with Crippen molar-refractivity contribution in [1.82, 2.24) is 9.80 Å².